The molecule has 1 aliphatic heterocycles. The summed E-state index contributed by atoms with van der Waals surface area (Å²) < 4.78 is 5.15. The zero-order valence-corrected chi connectivity index (χ0v) is 13.9. The van der Waals surface area contributed by atoms with E-state index in [4.69, 9.17) is 4.42 Å². The Morgan fingerprint density at radius 3 is 2.87 bits per heavy atom. The number of hydrogen-bond acceptors (Lipinski definition) is 3. The molecule has 0 radical (unpaired) electrons. The predicted octanol–water partition coefficient (Wildman–Crippen LogP) is 3.50. The molecule has 0 bridgehead atoms. The van der Waals surface area contributed by atoms with Gasteiger partial charge in [0.2, 0.25) is 0 Å². The Kier molecular flexibility index (Phi) is 4.82. The molecule has 3 rings (SSSR count). The average Bonchev–Trinajstić information content (AvgIpc) is 3.09. The third-order valence-electron chi connectivity index (χ3n) is 4.43. The first-order valence-corrected chi connectivity index (χ1v) is 8.23. The summed E-state index contributed by atoms with van der Waals surface area (Å²) in [4.78, 5) is 17.2. The zero-order chi connectivity index (χ0) is 16.2. The third-order valence-corrected chi connectivity index (χ3v) is 4.43. The molecule has 0 aliphatic carbocycles. The number of furan rings is 1. The van der Waals surface area contributed by atoms with Gasteiger partial charge in [0.1, 0.15) is 0 Å². The molecule has 1 aromatic heterocycles. The van der Waals surface area contributed by atoms with Gasteiger partial charge in [-0.3, -0.25) is 4.79 Å². The molecule has 4 heteroatoms. The molecule has 2 heterocycles. The highest BCUT2D eigenvalue weighted by Gasteiger charge is 2.27. The lowest BCUT2D eigenvalue weighted by Gasteiger charge is -2.37. The van der Waals surface area contributed by atoms with Crippen molar-refractivity contribution in [1.29, 1.82) is 0 Å². The summed E-state index contributed by atoms with van der Waals surface area (Å²) in [6.07, 6.45) is 6.75. The molecule has 1 atom stereocenters. The lowest BCUT2D eigenvalue weighted by Crippen LogP contribution is -2.48. The summed E-state index contributed by atoms with van der Waals surface area (Å²) in [6, 6.07) is 10.1. The fourth-order valence-corrected chi connectivity index (χ4v) is 3.31. The van der Waals surface area contributed by atoms with E-state index < -0.39 is 0 Å². The molecule has 0 N–H and O–H groups in total. The van der Waals surface area contributed by atoms with Crippen molar-refractivity contribution in [3.05, 3.63) is 48.4 Å². The van der Waals surface area contributed by atoms with Gasteiger partial charge in [-0.1, -0.05) is 12.1 Å². The summed E-state index contributed by atoms with van der Waals surface area (Å²) in [5.74, 6) is 0.141. The van der Waals surface area contributed by atoms with Gasteiger partial charge in [-0.2, -0.15) is 0 Å². The smallest absolute Gasteiger partial charge is 0.254 e. The minimum absolute atomic E-state index is 0.141. The van der Waals surface area contributed by atoms with Crippen molar-refractivity contribution in [2.45, 2.75) is 25.3 Å². The topological polar surface area (TPSA) is 36.7 Å². The molecular weight excluding hydrogens is 288 g/mol. The van der Waals surface area contributed by atoms with Crippen LogP contribution in [-0.2, 0) is 0 Å². The van der Waals surface area contributed by atoms with Crippen LogP contribution in [0.15, 0.2) is 47.3 Å². The molecule has 23 heavy (non-hydrogen) atoms. The molecule has 1 aliphatic rings. The number of amides is 1. The first-order valence-electron chi connectivity index (χ1n) is 8.23. The first kappa shape index (κ1) is 15.8. The van der Waals surface area contributed by atoms with Crippen LogP contribution in [0.1, 0.15) is 29.6 Å². The van der Waals surface area contributed by atoms with Gasteiger partial charge in [-0.05, 0) is 57.1 Å². The van der Waals surface area contributed by atoms with Gasteiger partial charge in [0, 0.05) is 30.3 Å². The van der Waals surface area contributed by atoms with Gasteiger partial charge in [0.15, 0.2) is 0 Å². The summed E-state index contributed by atoms with van der Waals surface area (Å²) in [5, 5.41) is 0. The van der Waals surface area contributed by atoms with E-state index in [9.17, 15) is 4.79 Å². The van der Waals surface area contributed by atoms with E-state index in [0.717, 1.165) is 42.6 Å². The Morgan fingerprint density at radius 2 is 2.13 bits per heavy atom. The zero-order valence-electron chi connectivity index (χ0n) is 13.9. The second-order valence-corrected chi connectivity index (χ2v) is 6.50. The van der Waals surface area contributed by atoms with Crippen LogP contribution in [0.3, 0.4) is 0 Å². The number of hydrogen-bond donors (Lipinski definition) is 0. The van der Waals surface area contributed by atoms with Gasteiger partial charge < -0.3 is 14.2 Å². The highest BCUT2D eigenvalue weighted by molar-refractivity contribution is 5.95. The SMILES string of the molecule is CN(C)CC1CCCCN1C(=O)c1cccc(-c2ccoc2)c1. The van der Waals surface area contributed by atoms with E-state index >= 15 is 0 Å². The van der Waals surface area contributed by atoms with Gasteiger partial charge in [0.05, 0.1) is 12.5 Å². The monoisotopic (exact) mass is 312 g/mol. The maximum Gasteiger partial charge on any atom is 0.254 e. The van der Waals surface area contributed by atoms with Gasteiger partial charge in [-0.25, -0.2) is 0 Å². The van der Waals surface area contributed by atoms with Crippen molar-refractivity contribution in [1.82, 2.24) is 9.80 Å². The van der Waals surface area contributed by atoms with E-state index in [2.05, 4.69) is 23.9 Å². The van der Waals surface area contributed by atoms with Crippen LogP contribution in [0.5, 0.6) is 0 Å². The lowest BCUT2D eigenvalue weighted by molar-refractivity contribution is 0.0575. The van der Waals surface area contributed by atoms with Crippen molar-refractivity contribution in [3.8, 4) is 11.1 Å². The minimum atomic E-state index is 0.141. The summed E-state index contributed by atoms with van der Waals surface area (Å²) in [6.45, 7) is 1.78. The van der Waals surface area contributed by atoms with Crippen LogP contribution < -0.4 is 0 Å². The number of likely N-dealkylation sites (tertiary alicyclic amines) is 1. The van der Waals surface area contributed by atoms with E-state index in [0.29, 0.717) is 6.04 Å². The first-order chi connectivity index (χ1) is 11.1. The fourth-order valence-electron chi connectivity index (χ4n) is 3.31. The molecule has 1 amide bonds. The number of carbonyl (C=O) groups excluding carboxylic acids is 1. The normalized spacial score (nSPS) is 18.4. The van der Waals surface area contributed by atoms with Crippen molar-refractivity contribution >= 4 is 5.91 Å². The molecule has 1 fully saturated rings. The molecular formula is C19H24N2O2. The Labute approximate surface area is 137 Å². The highest BCUT2D eigenvalue weighted by atomic mass is 16.3. The van der Waals surface area contributed by atoms with Crippen LogP contribution in [0, 0.1) is 0 Å². The maximum atomic E-state index is 13.0. The summed E-state index contributed by atoms with van der Waals surface area (Å²) >= 11 is 0. The number of likely N-dealkylation sites (N-methyl/N-ethyl adjacent to an activating group) is 1. The molecule has 0 spiro atoms. The summed E-state index contributed by atoms with van der Waals surface area (Å²) in [7, 11) is 4.13. The Balaban J connectivity index is 1.82. The van der Waals surface area contributed by atoms with E-state index in [-0.39, 0.29) is 5.91 Å². The standard InChI is InChI=1S/C19H24N2O2/c1-20(2)13-18-8-3-4-10-21(18)19(22)16-7-5-6-15(12-16)17-9-11-23-14-17/h5-7,9,11-12,14,18H,3-4,8,10,13H2,1-2H3. The van der Waals surface area contributed by atoms with Crippen molar-refractivity contribution in [3.63, 3.8) is 0 Å². The number of nitrogens with zero attached hydrogens (tertiary/aromatic N) is 2. The quantitative estimate of drug-likeness (QED) is 0.867. The van der Waals surface area contributed by atoms with E-state index in [1.807, 2.05) is 30.3 Å². The number of benzene rings is 1. The molecule has 122 valence electrons. The largest absolute Gasteiger partial charge is 0.472 e. The number of piperidine rings is 1. The Hall–Kier alpha value is -2.07. The van der Waals surface area contributed by atoms with Crippen molar-refractivity contribution < 1.29 is 9.21 Å². The fraction of sp³-hybridized carbons (Fsp3) is 0.421. The van der Waals surface area contributed by atoms with Crippen LogP contribution >= 0.6 is 0 Å². The van der Waals surface area contributed by atoms with Crippen LogP contribution in [-0.4, -0.2) is 48.9 Å². The van der Waals surface area contributed by atoms with Gasteiger partial charge >= 0.3 is 0 Å². The second-order valence-electron chi connectivity index (χ2n) is 6.50. The molecule has 1 unspecified atom stereocenters. The third kappa shape index (κ3) is 3.64. The molecule has 1 aromatic carbocycles. The van der Waals surface area contributed by atoms with Crippen molar-refractivity contribution in [2.75, 3.05) is 27.2 Å². The second kappa shape index (κ2) is 7.01. The van der Waals surface area contributed by atoms with Crippen molar-refractivity contribution in [2.24, 2.45) is 0 Å². The lowest BCUT2D eigenvalue weighted by atomic mass is 9.99. The average molecular weight is 312 g/mol. The Morgan fingerprint density at radius 1 is 1.26 bits per heavy atom. The maximum absolute atomic E-state index is 13.0. The van der Waals surface area contributed by atoms with Crippen LogP contribution in [0.4, 0.5) is 0 Å². The number of carbonyl (C=O) groups is 1. The predicted molar refractivity (Wildman–Crippen MR) is 91.4 cm³/mol. The number of rotatable bonds is 4. The van der Waals surface area contributed by atoms with E-state index in [1.165, 1.54) is 6.42 Å². The van der Waals surface area contributed by atoms with Crippen LogP contribution in [0.2, 0.25) is 0 Å². The molecule has 4 nitrogen and oxygen atoms in total. The molecule has 1 saturated heterocycles. The summed E-state index contributed by atoms with van der Waals surface area (Å²) in [5.41, 5.74) is 2.78. The Bertz CT molecular complexity index is 649. The molecule has 0 saturated carbocycles. The van der Waals surface area contributed by atoms with Gasteiger partial charge in [-0.15, -0.1) is 0 Å². The molecule has 2 aromatic rings. The highest BCUT2D eigenvalue weighted by Crippen LogP contribution is 2.24. The van der Waals surface area contributed by atoms with Gasteiger partial charge in [0.25, 0.3) is 5.91 Å². The van der Waals surface area contributed by atoms with Crippen LogP contribution in [0.25, 0.3) is 11.1 Å². The minimum Gasteiger partial charge on any atom is -0.472 e. The van der Waals surface area contributed by atoms with E-state index in [1.54, 1.807) is 12.5 Å².